The molecule has 0 spiro atoms. The first-order valence-electron chi connectivity index (χ1n) is 9.94. The maximum absolute atomic E-state index is 13.9. The molecular weight excluding hydrogens is 429 g/mol. The van der Waals surface area contributed by atoms with Gasteiger partial charge in [-0.25, -0.2) is 4.39 Å². The molecule has 4 rings (SSSR count). The lowest BCUT2D eigenvalue weighted by atomic mass is 10.0. The molecule has 31 heavy (non-hydrogen) atoms. The number of nitrogens with zero attached hydrogens (tertiary/aromatic N) is 2. The fraction of sp³-hybridized carbons (Fsp3) is 0.381. The summed E-state index contributed by atoms with van der Waals surface area (Å²) in [5.41, 5.74) is -1.28. The third-order valence-corrected chi connectivity index (χ3v) is 5.92. The lowest BCUT2D eigenvalue weighted by Crippen LogP contribution is -2.57. The Balaban J connectivity index is 1.63. The van der Waals surface area contributed by atoms with Crippen molar-refractivity contribution in [1.82, 2.24) is 14.8 Å². The molecule has 2 atom stereocenters. The van der Waals surface area contributed by atoms with Crippen LogP contribution in [0.1, 0.15) is 46.2 Å². The van der Waals surface area contributed by atoms with Gasteiger partial charge >= 0.3 is 0 Å². The van der Waals surface area contributed by atoms with E-state index >= 15 is 0 Å². The van der Waals surface area contributed by atoms with Gasteiger partial charge in [0.1, 0.15) is 11.4 Å². The molecule has 3 heterocycles. The average Bonchev–Trinajstić information content (AvgIpc) is 2.74. The highest BCUT2D eigenvalue weighted by molar-refractivity contribution is 6.30. The number of ether oxygens (including phenoxy) is 1. The van der Waals surface area contributed by atoms with Crippen LogP contribution in [0.5, 0.6) is 5.75 Å². The number of pyridine rings is 1. The molecule has 2 N–H and O–H groups in total. The predicted octanol–water partition coefficient (Wildman–Crippen LogP) is 2.26. The second-order valence-corrected chi connectivity index (χ2v) is 7.96. The fourth-order valence-corrected chi connectivity index (χ4v) is 4.20. The van der Waals surface area contributed by atoms with Gasteiger partial charge in [0.15, 0.2) is 17.7 Å². The zero-order valence-corrected chi connectivity index (χ0v) is 17.5. The molecule has 2 aromatic rings. The Bertz CT molecular complexity index is 1120. The smallest absolute Gasteiger partial charge is 0.276 e. The Morgan fingerprint density at radius 3 is 2.87 bits per heavy atom. The van der Waals surface area contributed by atoms with E-state index in [9.17, 15) is 23.9 Å². The summed E-state index contributed by atoms with van der Waals surface area (Å²) in [5.74, 6) is -2.68. The summed E-state index contributed by atoms with van der Waals surface area (Å²) in [6.45, 7) is 2.45. The second-order valence-electron chi connectivity index (χ2n) is 7.53. The molecule has 0 aliphatic carbocycles. The van der Waals surface area contributed by atoms with Crippen LogP contribution >= 0.6 is 11.6 Å². The van der Waals surface area contributed by atoms with Gasteiger partial charge in [-0.1, -0.05) is 24.6 Å². The van der Waals surface area contributed by atoms with Crippen molar-refractivity contribution in [2.45, 2.75) is 45.1 Å². The second kappa shape index (κ2) is 8.32. The van der Waals surface area contributed by atoms with Crippen molar-refractivity contribution < 1.29 is 23.8 Å². The third kappa shape index (κ3) is 3.79. The monoisotopic (exact) mass is 449 g/mol. The van der Waals surface area contributed by atoms with Crippen LogP contribution in [0.15, 0.2) is 29.2 Å². The van der Waals surface area contributed by atoms with Gasteiger partial charge < -0.3 is 24.6 Å². The van der Waals surface area contributed by atoms with Gasteiger partial charge in [-0.3, -0.25) is 14.4 Å². The summed E-state index contributed by atoms with van der Waals surface area (Å²) in [5, 5.41) is 13.2. The number of benzene rings is 1. The van der Waals surface area contributed by atoms with E-state index in [1.54, 1.807) is 4.90 Å². The van der Waals surface area contributed by atoms with Crippen molar-refractivity contribution in [1.29, 1.82) is 0 Å². The normalized spacial score (nSPS) is 20.2. The summed E-state index contributed by atoms with van der Waals surface area (Å²) in [7, 11) is 0. The van der Waals surface area contributed by atoms with Crippen LogP contribution in [0, 0.1) is 5.82 Å². The zero-order valence-electron chi connectivity index (χ0n) is 16.7. The highest BCUT2D eigenvalue weighted by atomic mass is 35.5. The molecule has 1 unspecified atom stereocenters. The highest BCUT2D eigenvalue weighted by Crippen LogP contribution is 2.30. The fourth-order valence-electron chi connectivity index (χ4n) is 4.04. The molecule has 1 fully saturated rings. The van der Waals surface area contributed by atoms with Gasteiger partial charge in [0.05, 0.1) is 13.2 Å². The first-order valence-corrected chi connectivity index (χ1v) is 10.3. The van der Waals surface area contributed by atoms with E-state index in [1.807, 2.05) is 6.92 Å². The van der Waals surface area contributed by atoms with Gasteiger partial charge in [-0.2, -0.15) is 0 Å². The molecule has 8 nitrogen and oxygen atoms in total. The number of hydrogen-bond donors (Lipinski definition) is 2. The largest absolute Gasteiger partial charge is 0.503 e. The molecular formula is C21H21ClFN3O5. The van der Waals surface area contributed by atoms with E-state index in [-0.39, 0.29) is 41.0 Å². The Hall–Kier alpha value is -2.91. The van der Waals surface area contributed by atoms with E-state index in [4.69, 9.17) is 16.3 Å². The molecule has 1 saturated heterocycles. The van der Waals surface area contributed by atoms with E-state index in [0.717, 1.165) is 12.5 Å². The molecule has 2 aliphatic heterocycles. The predicted molar refractivity (Wildman–Crippen MR) is 110 cm³/mol. The van der Waals surface area contributed by atoms with Crippen molar-refractivity contribution in [3.05, 3.63) is 62.3 Å². The van der Waals surface area contributed by atoms with E-state index in [0.29, 0.717) is 13.0 Å². The number of fused-ring (bicyclic) bond motifs is 2. The zero-order chi connectivity index (χ0) is 22.3. The Labute approximate surface area is 182 Å². The summed E-state index contributed by atoms with van der Waals surface area (Å²) in [6, 6.07) is 3.98. The minimum absolute atomic E-state index is 0.0493. The summed E-state index contributed by atoms with van der Waals surface area (Å²) in [6.07, 6.45) is 2.09. The highest BCUT2D eigenvalue weighted by Gasteiger charge is 2.41. The topological polar surface area (TPSA) is 101 Å². The maximum Gasteiger partial charge on any atom is 0.276 e. The van der Waals surface area contributed by atoms with E-state index in [1.165, 1.54) is 22.9 Å². The van der Waals surface area contributed by atoms with Gasteiger partial charge in [-0.15, -0.1) is 0 Å². The van der Waals surface area contributed by atoms with Crippen LogP contribution in [-0.4, -0.2) is 45.3 Å². The quantitative estimate of drug-likeness (QED) is 0.745. The number of rotatable bonds is 4. The van der Waals surface area contributed by atoms with E-state index in [2.05, 4.69) is 5.32 Å². The number of carbonyl (C=O) groups excluding carboxylic acids is 2. The Morgan fingerprint density at radius 1 is 1.39 bits per heavy atom. The van der Waals surface area contributed by atoms with Crippen LogP contribution < -0.4 is 10.7 Å². The summed E-state index contributed by atoms with van der Waals surface area (Å²) in [4.78, 5) is 39.8. The molecule has 10 heteroatoms. The molecule has 0 radical (unpaired) electrons. The lowest BCUT2D eigenvalue weighted by molar-refractivity contribution is -0.116. The molecule has 164 valence electrons. The molecule has 0 bridgehead atoms. The SMILES string of the molecule is CC[C@@H]1CCOC2Cn3cc(C(=O)NCc4ccc(Cl)cc4F)c(=O)c(O)c3C(=O)N21. The van der Waals surface area contributed by atoms with Gasteiger partial charge in [0.2, 0.25) is 5.43 Å². The molecule has 2 amide bonds. The standard InChI is InChI=1S/C21H21ClFN3O5/c1-2-13-5-6-31-16-10-25-9-14(18(27)19(28)17(25)21(30)26(13)16)20(29)24-8-11-3-4-12(22)7-15(11)23/h3-4,7,9,13,16,28H,2,5-6,8,10H2,1H3,(H,24,29)/t13-,16?/m1/s1. The van der Waals surface area contributed by atoms with Crippen LogP contribution in [0.4, 0.5) is 4.39 Å². The number of halogens is 2. The van der Waals surface area contributed by atoms with Crippen molar-refractivity contribution in [3.63, 3.8) is 0 Å². The molecule has 1 aromatic heterocycles. The van der Waals surface area contributed by atoms with Gasteiger partial charge in [-0.05, 0) is 25.0 Å². The maximum atomic E-state index is 13.9. The number of nitrogens with one attached hydrogen (secondary N) is 1. The lowest BCUT2D eigenvalue weighted by Gasteiger charge is -2.45. The molecule has 1 aromatic carbocycles. The van der Waals surface area contributed by atoms with Crippen molar-refractivity contribution in [2.24, 2.45) is 0 Å². The van der Waals surface area contributed by atoms with Crippen LogP contribution in [0.3, 0.4) is 0 Å². The van der Waals surface area contributed by atoms with Crippen LogP contribution in [0.2, 0.25) is 5.02 Å². The number of hydrogen-bond acceptors (Lipinski definition) is 5. The minimum atomic E-state index is -0.960. The van der Waals surface area contributed by atoms with Crippen molar-refractivity contribution in [3.8, 4) is 5.75 Å². The summed E-state index contributed by atoms with van der Waals surface area (Å²) >= 11 is 5.72. The number of aromatic hydroxyl groups is 1. The van der Waals surface area contributed by atoms with Crippen LogP contribution in [-0.2, 0) is 17.8 Å². The van der Waals surface area contributed by atoms with E-state index < -0.39 is 35.0 Å². The Morgan fingerprint density at radius 2 is 2.16 bits per heavy atom. The third-order valence-electron chi connectivity index (χ3n) is 5.68. The number of aromatic nitrogens is 1. The van der Waals surface area contributed by atoms with Gasteiger partial charge in [0, 0.05) is 29.4 Å². The van der Waals surface area contributed by atoms with Gasteiger partial charge in [0.25, 0.3) is 11.8 Å². The van der Waals surface area contributed by atoms with Crippen LogP contribution in [0.25, 0.3) is 0 Å². The number of amides is 2. The van der Waals surface area contributed by atoms with Crippen molar-refractivity contribution >= 4 is 23.4 Å². The minimum Gasteiger partial charge on any atom is -0.503 e. The first-order chi connectivity index (χ1) is 14.8. The van der Waals surface area contributed by atoms with Crippen molar-refractivity contribution in [2.75, 3.05) is 6.61 Å². The molecule has 0 saturated carbocycles. The average molecular weight is 450 g/mol. The first kappa shape index (κ1) is 21.3. The Kier molecular flexibility index (Phi) is 5.72. The number of carbonyl (C=O) groups is 2. The summed E-state index contributed by atoms with van der Waals surface area (Å²) < 4.78 is 21.0. The molecule has 2 aliphatic rings.